The second-order valence-corrected chi connectivity index (χ2v) is 5.24. The summed E-state index contributed by atoms with van der Waals surface area (Å²) in [5.74, 6) is 0. The van der Waals surface area contributed by atoms with E-state index in [1.54, 1.807) is 0 Å². The van der Waals surface area contributed by atoms with Crippen LogP contribution < -0.4 is 5.32 Å². The van der Waals surface area contributed by atoms with E-state index in [1.807, 2.05) is 13.8 Å². The van der Waals surface area contributed by atoms with Crippen LogP contribution in [0.3, 0.4) is 0 Å². The fraction of sp³-hybridized carbons (Fsp3) is 1.00. The molecule has 20 heavy (non-hydrogen) atoms. The Hall–Kier alpha value is -0.200. The molecule has 1 aliphatic heterocycles. The molecular formula is C15H32N2O3. The van der Waals surface area contributed by atoms with E-state index in [2.05, 4.69) is 17.1 Å². The normalized spacial score (nSPS) is 21.3. The van der Waals surface area contributed by atoms with Crippen molar-refractivity contribution in [3.63, 3.8) is 0 Å². The van der Waals surface area contributed by atoms with Crippen molar-refractivity contribution in [3.05, 3.63) is 0 Å². The van der Waals surface area contributed by atoms with Gasteiger partial charge in [0.25, 0.3) is 0 Å². The Balaban J connectivity index is 2.33. The maximum Gasteiger partial charge on any atom is 0.0620 e. The standard InChI is InChI=1S/C15H32N2O3/c1-4-18-10-7-17(8-11-19-5-2)14(3)12-15-13-20-9-6-16-15/h14-16H,4-13H2,1-3H3. The summed E-state index contributed by atoms with van der Waals surface area (Å²) in [5, 5.41) is 3.53. The minimum Gasteiger partial charge on any atom is -0.380 e. The van der Waals surface area contributed by atoms with Crippen molar-refractivity contribution >= 4 is 0 Å². The molecule has 0 amide bonds. The van der Waals surface area contributed by atoms with Crippen molar-refractivity contribution in [2.24, 2.45) is 0 Å². The van der Waals surface area contributed by atoms with Crippen LogP contribution in [0.2, 0.25) is 0 Å². The lowest BCUT2D eigenvalue weighted by atomic mass is 10.1. The van der Waals surface area contributed by atoms with Crippen LogP contribution in [0, 0.1) is 0 Å². The van der Waals surface area contributed by atoms with Crippen LogP contribution in [-0.2, 0) is 14.2 Å². The highest BCUT2D eigenvalue weighted by molar-refractivity contribution is 4.77. The van der Waals surface area contributed by atoms with Crippen molar-refractivity contribution in [1.82, 2.24) is 10.2 Å². The maximum absolute atomic E-state index is 5.53. The fourth-order valence-electron chi connectivity index (χ4n) is 2.54. The van der Waals surface area contributed by atoms with E-state index >= 15 is 0 Å². The Kier molecular flexibility index (Phi) is 10.2. The Bertz CT molecular complexity index is 213. The molecule has 120 valence electrons. The first-order valence-corrected chi connectivity index (χ1v) is 7.98. The molecule has 1 aliphatic rings. The number of ether oxygens (including phenoxy) is 3. The zero-order valence-corrected chi connectivity index (χ0v) is 13.4. The molecule has 0 spiro atoms. The van der Waals surface area contributed by atoms with E-state index in [9.17, 15) is 0 Å². The molecule has 0 aromatic carbocycles. The van der Waals surface area contributed by atoms with Crippen LogP contribution in [-0.4, -0.2) is 76.3 Å². The molecule has 0 bridgehead atoms. The van der Waals surface area contributed by atoms with E-state index < -0.39 is 0 Å². The third-order valence-electron chi connectivity index (χ3n) is 3.70. The average molecular weight is 288 g/mol. The molecule has 2 unspecified atom stereocenters. The van der Waals surface area contributed by atoms with Gasteiger partial charge in [0.15, 0.2) is 0 Å². The van der Waals surface area contributed by atoms with Gasteiger partial charge in [-0.1, -0.05) is 0 Å². The lowest BCUT2D eigenvalue weighted by molar-refractivity contribution is 0.0422. The number of hydrogen-bond acceptors (Lipinski definition) is 5. The lowest BCUT2D eigenvalue weighted by Crippen LogP contribution is -2.47. The minimum absolute atomic E-state index is 0.473. The van der Waals surface area contributed by atoms with Gasteiger partial charge in [-0.2, -0.15) is 0 Å². The van der Waals surface area contributed by atoms with E-state index in [4.69, 9.17) is 14.2 Å². The Morgan fingerprint density at radius 1 is 1.20 bits per heavy atom. The topological polar surface area (TPSA) is 43.0 Å². The molecule has 5 nitrogen and oxygen atoms in total. The second-order valence-electron chi connectivity index (χ2n) is 5.24. The summed E-state index contributed by atoms with van der Waals surface area (Å²) in [7, 11) is 0. The quantitative estimate of drug-likeness (QED) is 0.577. The van der Waals surface area contributed by atoms with Crippen LogP contribution in [0.5, 0.6) is 0 Å². The molecule has 0 aromatic rings. The van der Waals surface area contributed by atoms with Gasteiger partial charge in [-0.3, -0.25) is 4.90 Å². The summed E-state index contributed by atoms with van der Waals surface area (Å²) in [6.45, 7) is 14.1. The molecular weight excluding hydrogens is 256 g/mol. The highest BCUT2D eigenvalue weighted by atomic mass is 16.5. The number of nitrogens with zero attached hydrogens (tertiary/aromatic N) is 1. The van der Waals surface area contributed by atoms with E-state index in [1.165, 1.54) is 0 Å². The zero-order chi connectivity index (χ0) is 14.6. The summed E-state index contributed by atoms with van der Waals surface area (Å²) in [5.41, 5.74) is 0. The molecule has 1 rings (SSSR count). The number of hydrogen-bond donors (Lipinski definition) is 1. The molecule has 1 saturated heterocycles. The van der Waals surface area contributed by atoms with Crippen LogP contribution in [0.4, 0.5) is 0 Å². The first kappa shape index (κ1) is 17.9. The SMILES string of the molecule is CCOCCN(CCOCC)C(C)CC1COCCN1. The van der Waals surface area contributed by atoms with E-state index in [-0.39, 0.29) is 0 Å². The van der Waals surface area contributed by atoms with Gasteiger partial charge < -0.3 is 19.5 Å². The number of morpholine rings is 1. The highest BCUT2D eigenvalue weighted by Gasteiger charge is 2.20. The van der Waals surface area contributed by atoms with Gasteiger partial charge in [0.05, 0.1) is 26.4 Å². The summed E-state index contributed by atoms with van der Waals surface area (Å²) in [6.07, 6.45) is 1.11. The smallest absolute Gasteiger partial charge is 0.0620 e. The summed E-state index contributed by atoms with van der Waals surface area (Å²) < 4.78 is 16.5. The van der Waals surface area contributed by atoms with E-state index in [0.717, 1.165) is 65.7 Å². The van der Waals surface area contributed by atoms with Crippen LogP contribution in [0.15, 0.2) is 0 Å². The van der Waals surface area contributed by atoms with Gasteiger partial charge >= 0.3 is 0 Å². The monoisotopic (exact) mass is 288 g/mol. The summed E-state index contributed by atoms with van der Waals surface area (Å²) in [6, 6.07) is 0.982. The second kappa shape index (κ2) is 11.5. The summed E-state index contributed by atoms with van der Waals surface area (Å²) >= 11 is 0. The third-order valence-corrected chi connectivity index (χ3v) is 3.70. The van der Waals surface area contributed by atoms with Gasteiger partial charge in [0, 0.05) is 44.9 Å². The van der Waals surface area contributed by atoms with Gasteiger partial charge in [-0.05, 0) is 27.2 Å². The molecule has 1 heterocycles. The molecule has 1 N–H and O–H groups in total. The van der Waals surface area contributed by atoms with Crippen LogP contribution >= 0.6 is 0 Å². The van der Waals surface area contributed by atoms with Crippen molar-refractivity contribution < 1.29 is 14.2 Å². The fourth-order valence-corrected chi connectivity index (χ4v) is 2.54. The van der Waals surface area contributed by atoms with Crippen molar-refractivity contribution in [2.45, 2.75) is 39.3 Å². The number of rotatable bonds is 11. The summed E-state index contributed by atoms with van der Waals surface area (Å²) in [4.78, 5) is 2.46. The van der Waals surface area contributed by atoms with Crippen molar-refractivity contribution in [3.8, 4) is 0 Å². The largest absolute Gasteiger partial charge is 0.380 e. The van der Waals surface area contributed by atoms with Gasteiger partial charge in [-0.15, -0.1) is 0 Å². The highest BCUT2D eigenvalue weighted by Crippen LogP contribution is 2.09. The Morgan fingerprint density at radius 2 is 1.85 bits per heavy atom. The Labute approximate surface area is 123 Å². The maximum atomic E-state index is 5.53. The third kappa shape index (κ3) is 7.55. The first-order valence-electron chi connectivity index (χ1n) is 7.98. The van der Waals surface area contributed by atoms with Crippen molar-refractivity contribution in [2.75, 3.05) is 59.3 Å². The molecule has 1 fully saturated rings. The van der Waals surface area contributed by atoms with E-state index in [0.29, 0.717) is 12.1 Å². The first-order chi connectivity index (χ1) is 9.77. The molecule has 0 aromatic heterocycles. The van der Waals surface area contributed by atoms with Gasteiger partial charge in [0.1, 0.15) is 0 Å². The molecule has 2 atom stereocenters. The predicted molar refractivity (Wildman–Crippen MR) is 81.2 cm³/mol. The Morgan fingerprint density at radius 3 is 2.35 bits per heavy atom. The van der Waals surface area contributed by atoms with Crippen molar-refractivity contribution in [1.29, 1.82) is 0 Å². The number of nitrogens with one attached hydrogen (secondary N) is 1. The van der Waals surface area contributed by atoms with Gasteiger partial charge in [0.2, 0.25) is 0 Å². The molecule has 0 saturated carbocycles. The average Bonchev–Trinajstić information content (AvgIpc) is 2.47. The molecule has 0 radical (unpaired) electrons. The van der Waals surface area contributed by atoms with Gasteiger partial charge in [-0.25, -0.2) is 0 Å². The predicted octanol–water partition coefficient (Wildman–Crippen LogP) is 1.13. The lowest BCUT2D eigenvalue weighted by Gasteiger charge is -2.33. The zero-order valence-electron chi connectivity index (χ0n) is 13.4. The van der Waals surface area contributed by atoms with Crippen LogP contribution in [0.1, 0.15) is 27.2 Å². The minimum atomic E-state index is 0.473. The van der Waals surface area contributed by atoms with Crippen LogP contribution in [0.25, 0.3) is 0 Å². The molecule has 5 heteroatoms. The molecule has 0 aliphatic carbocycles.